The molecule has 36 heavy (non-hydrogen) atoms. The monoisotopic (exact) mass is 523 g/mol. The minimum Gasteiger partial charge on any atom is -0.378 e. The fourth-order valence-electron chi connectivity index (χ4n) is 5.91. The van der Waals surface area contributed by atoms with Gasteiger partial charge in [-0.15, -0.1) is 23.1 Å². The fraction of sp³-hybridized carbons (Fsp3) is 0.556. The summed E-state index contributed by atoms with van der Waals surface area (Å²) in [5.74, 6) is 2.41. The number of carbonyl (C=O) groups is 1. The maximum atomic E-state index is 13.3. The zero-order chi connectivity index (χ0) is 24.5. The molecule has 2 saturated heterocycles. The van der Waals surface area contributed by atoms with E-state index in [-0.39, 0.29) is 5.91 Å². The van der Waals surface area contributed by atoms with Crippen LogP contribution in [0.4, 0.5) is 0 Å². The number of fused-ring (bicyclic) bond motifs is 2. The van der Waals surface area contributed by atoms with Crippen molar-refractivity contribution in [2.45, 2.75) is 43.0 Å². The molecule has 4 heterocycles. The highest BCUT2D eigenvalue weighted by atomic mass is 32.2. The number of thiazole rings is 1. The summed E-state index contributed by atoms with van der Waals surface area (Å²) in [6.45, 7) is 4.97. The summed E-state index contributed by atoms with van der Waals surface area (Å²) in [5.41, 5.74) is 1.78. The molecule has 1 aliphatic carbocycles. The third kappa shape index (κ3) is 5.30. The van der Waals surface area contributed by atoms with Gasteiger partial charge in [0.25, 0.3) is 5.91 Å². The summed E-state index contributed by atoms with van der Waals surface area (Å²) in [6.07, 6.45) is 11.6. The number of ether oxygens (including phenoxy) is 1. The summed E-state index contributed by atoms with van der Waals surface area (Å²) >= 11 is 3.43. The minimum atomic E-state index is 0.128. The molecule has 0 unspecified atom stereocenters. The van der Waals surface area contributed by atoms with Gasteiger partial charge in [0.15, 0.2) is 0 Å². The molecule has 7 nitrogen and oxygen atoms in total. The number of carbonyl (C=O) groups excluding carboxylic acids is 1. The lowest BCUT2D eigenvalue weighted by Crippen LogP contribution is -2.59. The van der Waals surface area contributed by atoms with Crippen molar-refractivity contribution >= 4 is 39.2 Å². The largest absolute Gasteiger partial charge is 0.378 e. The van der Waals surface area contributed by atoms with E-state index in [1.165, 1.54) is 24.3 Å². The molecule has 0 radical (unpaired) electrons. The summed E-state index contributed by atoms with van der Waals surface area (Å²) in [6, 6.07) is 6.35. The second kappa shape index (κ2) is 10.7. The van der Waals surface area contributed by atoms with E-state index in [1.54, 1.807) is 23.1 Å². The number of rotatable bonds is 6. The molecule has 1 amide bonds. The summed E-state index contributed by atoms with van der Waals surface area (Å²) in [4.78, 5) is 32.8. The molecule has 0 bridgehead atoms. The molecule has 3 atom stereocenters. The molecule has 0 spiro atoms. The van der Waals surface area contributed by atoms with Crippen LogP contribution in [0.2, 0.25) is 0 Å². The van der Waals surface area contributed by atoms with Crippen molar-refractivity contribution in [2.75, 3.05) is 45.6 Å². The van der Waals surface area contributed by atoms with Gasteiger partial charge in [0.1, 0.15) is 5.82 Å². The maximum Gasteiger partial charge on any atom is 0.254 e. The van der Waals surface area contributed by atoms with Crippen molar-refractivity contribution in [3.8, 4) is 0 Å². The van der Waals surface area contributed by atoms with Crippen LogP contribution in [-0.4, -0.2) is 82.3 Å². The maximum absolute atomic E-state index is 13.3. The van der Waals surface area contributed by atoms with E-state index < -0.39 is 0 Å². The van der Waals surface area contributed by atoms with Crippen LogP contribution in [0.3, 0.4) is 0 Å². The van der Waals surface area contributed by atoms with Crippen LogP contribution >= 0.6 is 23.1 Å². The van der Waals surface area contributed by atoms with Crippen molar-refractivity contribution in [1.82, 2.24) is 24.8 Å². The Morgan fingerprint density at radius 2 is 1.97 bits per heavy atom. The molecule has 2 aliphatic heterocycles. The second-order valence-electron chi connectivity index (χ2n) is 10.3. The molecule has 3 aliphatic rings. The van der Waals surface area contributed by atoms with Gasteiger partial charge in [0.2, 0.25) is 0 Å². The van der Waals surface area contributed by atoms with Gasteiger partial charge in [-0.2, -0.15) is 0 Å². The number of nitrogens with zero attached hydrogens (tertiary/aromatic N) is 5. The Kier molecular flexibility index (Phi) is 7.24. The Morgan fingerprint density at radius 3 is 2.81 bits per heavy atom. The molecule has 0 N–H and O–H groups in total. The van der Waals surface area contributed by atoms with Gasteiger partial charge in [-0.05, 0) is 55.6 Å². The zero-order valence-corrected chi connectivity index (χ0v) is 22.4. The lowest BCUT2D eigenvalue weighted by molar-refractivity contribution is -0.0394. The van der Waals surface area contributed by atoms with Crippen molar-refractivity contribution < 1.29 is 9.53 Å². The predicted molar refractivity (Wildman–Crippen MR) is 144 cm³/mol. The van der Waals surface area contributed by atoms with Crippen LogP contribution in [-0.2, 0) is 17.6 Å². The Labute approximate surface area is 220 Å². The first-order valence-corrected chi connectivity index (χ1v) is 15.0. The highest BCUT2D eigenvalue weighted by Crippen LogP contribution is 2.36. The topological polar surface area (TPSA) is 71.5 Å². The van der Waals surface area contributed by atoms with E-state index in [9.17, 15) is 4.79 Å². The van der Waals surface area contributed by atoms with Crippen molar-refractivity contribution in [3.05, 3.63) is 47.0 Å². The third-order valence-electron chi connectivity index (χ3n) is 7.91. The van der Waals surface area contributed by atoms with E-state index >= 15 is 0 Å². The molecule has 1 aromatic carbocycles. The highest BCUT2D eigenvalue weighted by Gasteiger charge is 2.32. The normalized spacial score (nSPS) is 24.8. The first kappa shape index (κ1) is 24.3. The lowest BCUT2D eigenvalue weighted by atomic mass is 9.99. The highest BCUT2D eigenvalue weighted by molar-refractivity contribution is 7.98. The van der Waals surface area contributed by atoms with Gasteiger partial charge in [0.05, 0.1) is 34.5 Å². The first-order valence-electron chi connectivity index (χ1n) is 13.0. The lowest BCUT2D eigenvalue weighted by Gasteiger charge is -2.43. The van der Waals surface area contributed by atoms with E-state index in [4.69, 9.17) is 9.72 Å². The van der Waals surface area contributed by atoms with Crippen LogP contribution < -0.4 is 0 Å². The summed E-state index contributed by atoms with van der Waals surface area (Å²) in [5, 5.41) is 1.19. The van der Waals surface area contributed by atoms with E-state index in [0.717, 1.165) is 78.7 Å². The average molecular weight is 524 g/mol. The van der Waals surface area contributed by atoms with Gasteiger partial charge in [-0.1, -0.05) is 0 Å². The average Bonchev–Trinajstić information content (AvgIpc) is 3.54. The van der Waals surface area contributed by atoms with Gasteiger partial charge in [0, 0.05) is 61.9 Å². The van der Waals surface area contributed by atoms with Crippen LogP contribution in [0.15, 0.2) is 35.5 Å². The number of benzene rings is 1. The standard InChI is InChI=1S/C27H33N5O2S2/c1-35-22-14-28-25(29-15-22)11-18-2-3-19(10-18)12-26-30-23-5-4-20(13-24(23)36-26)27(33)32-7-6-31-8-9-34-17-21(31)16-32/h4-5,13-15,18-19,21H,2-3,6-12,16-17H2,1H3/t18-,19-,21+/m0/s1. The molecular formula is C27H33N5O2S2. The van der Waals surface area contributed by atoms with Crippen LogP contribution in [0.1, 0.15) is 40.5 Å². The number of amides is 1. The summed E-state index contributed by atoms with van der Waals surface area (Å²) in [7, 11) is 0. The smallest absolute Gasteiger partial charge is 0.254 e. The first-order chi connectivity index (χ1) is 17.6. The quantitative estimate of drug-likeness (QED) is 0.449. The number of hydrogen-bond donors (Lipinski definition) is 0. The Bertz CT molecular complexity index is 1220. The molecule has 1 saturated carbocycles. The number of aromatic nitrogens is 3. The van der Waals surface area contributed by atoms with E-state index in [0.29, 0.717) is 17.9 Å². The Morgan fingerprint density at radius 1 is 1.14 bits per heavy atom. The zero-order valence-electron chi connectivity index (χ0n) is 20.8. The molecule has 3 aromatic rings. The number of piperazine rings is 1. The molecule has 6 rings (SSSR count). The number of thioether (sulfide) groups is 1. The van der Waals surface area contributed by atoms with E-state index in [1.807, 2.05) is 29.4 Å². The number of morpholine rings is 1. The molecular weight excluding hydrogens is 490 g/mol. The van der Waals surface area contributed by atoms with E-state index in [2.05, 4.69) is 27.2 Å². The molecule has 3 fully saturated rings. The second-order valence-corrected chi connectivity index (χ2v) is 12.3. The van der Waals surface area contributed by atoms with Crippen molar-refractivity contribution in [1.29, 1.82) is 0 Å². The predicted octanol–water partition coefficient (Wildman–Crippen LogP) is 4.17. The molecule has 9 heteroatoms. The van der Waals surface area contributed by atoms with Gasteiger partial charge >= 0.3 is 0 Å². The van der Waals surface area contributed by atoms with Gasteiger partial charge < -0.3 is 9.64 Å². The van der Waals surface area contributed by atoms with Crippen molar-refractivity contribution in [2.24, 2.45) is 11.8 Å². The van der Waals surface area contributed by atoms with Gasteiger partial charge in [-0.25, -0.2) is 15.0 Å². The Hall–Kier alpha value is -2.07. The van der Waals surface area contributed by atoms with Gasteiger partial charge in [-0.3, -0.25) is 9.69 Å². The fourth-order valence-corrected chi connectivity index (χ4v) is 7.35. The van der Waals surface area contributed by atoms with Crippen LogP contribution in [0, 0.1) is 11.8 Å². The Balaban J connectivity index is 1.07. The third-order valence-corrected chi connectivity index (χ3v) is 9.63. The molecule has 190 valence electrons. The minimum absolute atomic E-state index is 0.128. The van der Waals surface area contributed by atoms with Crippen LogP contribution in [0.25, 0.3) is 10.2 Å². The van der Waals surface area contributed by atoms with Crippen LogP contribution in [0.5, 0.6) is 0 Å². The number of hydrogen-bond acceptors (Lipinski definition) is 8. The SMILES string of the molecule is CSc1cnc(C[C@H]2CC[C@H](Cc3nc4ccc(C(=O)N5CCN6CCOC[C@H]6C5)cc4s3)C2)nc1. The molecule has 2 aromatic heterocycles. The van der Waals surface area contributed by atoms with Crippen molar-refractivity contribution in [3.63, 3.8) is 0 Å². The summed E-state index contributed by atoms with van der Waals surface area (Å²) < 4.78 is 6.76.